The molecule has 1 aromatic carbocycles. The molecule has 1 saturated heterocycles. The van der Waals surface area contributed by atoms with E-state index in [1.165, 1.54) is 5.56 Å². The summed E-state index contributed by atoms with van der Waals surface area (Å²) >= 11 is 0. The predicted molar refractivity (Wildman–Crippen MR) is 77.2 cm³/mol. The molecular formula is C15H21N3O2. The minimum atomic E-state index is -0.423. The van der Waals surface area contributed by atoms with Gasteiger partial charge < -0.3 is 5.32 Å². The molecule has 0 spiro atoms. The van der Waals surface area contributed by atoms with Crippen LogP contribution in [0.4, 0.5) is 4.79 Å². The molecular weight excluding hydrogens is 254 g/mol. The van der Waals surface area contributed by atoms with Crippen LogP contribution in [0.2, 0.25) is 0 Å². The van der Waals surface area contributed by atoms with Crippen molar-refractivity contribution in [1.29, 1.82) is 0 Å². The summed E-state index contributed by atoms with van der Waals surface area (Å²) < 4.78 is 0. The second-order valence-corrected chi connectivity index (χ2v) is 4.95. The number of benzene rings is 1. The SMILES string of the molecule is CCNC(=O)NC(=O)CN1CCCC1c1ccccc1. The third-order valence-corrected chi connectivity index (χ3v) is 3.48. The van der Waals surface area contributed by atoms with E-state index in [9.17, 15) is 9.59 Å². The summed E-state index contributed by atoms with van der Waals surface area (Å²) in [6, 6.07) is 10.0. The Morgan fingerprint density at radius 1 is 1.30 bits per heavy atom. The lowest BCUT2D eigenvalue weighted by Crippen LogP contribution is -2.44. The fourth-order valence-electron chi connectivity index (χ4n) is 2.62. The fourth-order valence-corrected chi connectivity index (χ4v) is 2.62. The monoisotopic (exact) mass is 275 g/mol. The van der Waals surface area contributed by atoms with Gasteiger partial charge in [0.2, 0.25) is 5.91 Å². The van der Waals surface area contributed by atoms with Crippen LogP contribution in [0.5, 0.6) is 0 Å². The van der Waals surface area contributed by atoms with Crippen LogP contribution < -0.4 is 10.6 Å². The maximum Gasteiger partial charge on any atom is 0.321 e. The predicted octanol–water partition coefficient (Wildman–Crippen LogP) is 1.67. The van der Waals surface area contributed by atoms with E-state index in [4.69, 9.17) is 0 Å². The van der Waals surface area contributed by atoms with Crippen LogP contribution in [0.25, 0.3) is 0 Å². The number of nitrogens with one attached hydrogen (secondary N) is 2. The van der Waals surface area contributed by atoms with Crippen molar-refractivity contribution in [2.75, 3.05) is 19.6 Å². The molecule has 20 heavy (non-hydrogen) atoms. The van der Waals surface area contributed by atoms with Gasteiger partial charge in [-0.15, -0.1) is 0 Å². The van der Waals surface area contributed by atoms with Gasteiger partial charge in [0.15, 0.2) is 0 Å². The molecule has 1 aliphatic heterocycles. The fraction of sp³-hybridized carbons (Fsp3) is 0.467. The molecule has 1 unspecified atom stereocenters. The maximum atomic E-state index is 11.8. The lowest BCUT2D eigenvalue weighted by atomic mass is 10.0. The summed E-state index contributed by atoms with van der Waals surface area (Å²) in [6.45, 7) is 3.48. The standard InChI is InChI=1S/C15H21N3O2/c1-2-16-15(20)17-14(19)11-18-10-6-9-13(18)12-7-4-3-5-8-12/h3-5,7-8,13H,2,6,9-11H2,1H3,(H2,16,17,19,20). The van der Waals surface area contributed by atoms with E-state index >= 15 is 0 Å². The molecule has 0 bridgehead atoms. The Kier molecular flexibility index (Phi) is 5.12. The highest BCUT2D eigenvalue weighted by Crippen LogP contribution is 2.31. The zero-order chi connectivity index (χ0) is 14.4. The first-order chi connectivity index (χ1) is 9.70. The van der Waals surface area contributed by atoms with Gasteiger partial charge in [-0.1, -0.05) is 30.3 Å². The van der Waals surface area contributed by atoms with Crippen LogP contribution in [0.15, 0.2) is 30.3 Å². The molecule has 1 aromatic rings. The molecule has 0 aliphatic carbocycles. The van der Waals surface area contributed by atoms with Crippen molar-refractivity contribution in [1.82, 2.24) is 15.5 Å². The van der Waals surface area contributed by atoms with Gasteiger partial charge in [0.1, 0.15) is 0 Å². The van der Waals surface area contributed by atoms with Gasteiger partial charge in [0.05, 0.1) is 6.54 Å². The van der Waals surface area contributed by atoms with Gasteiger partial charge in [-0.3, -0.25) is 15.0 Å². The molecule has 2 N–H and O–H groups in total. The molecule has 0 radical (unpaired) electrons. The molecule has 5 heteroatoms. The Morgan fingerprint density at radius 2 is 2.05 bits per heavy atom. The number of likely N-dealkylation sites (tertiary alicyclic amines) is 1. The third-order valence-electron chi connectivity index (χ3n) is 3.48. The largest absolute Gasteiger partial charge is 0.338 e. The number of carbonyl (C=O) groups is 2. The molecule has 0 aromatic heterocycles. The van der Waals surface area contributed by atoms with Crippen molar-refractivity contribution in [3.63, 3.8) is 0 Å². The van der Waals surface area contributed by atoms with Gasteiger partial charge in [-0.25, -0.2) is 4.79 Å². The molecule has 3 amide bonds. The van der Waals surface area contributed by atoms with E-state index in [0.29, 0.717) is 6.54 Å². The smallest absolute Gasteiger partial charge is 0.321 e. The second-order valence-electron chi connectivity index (χ2n) is 4.95. The van der Waals surface area contributed by atoms with Gasteiger partial charge in [0, 0.05) is 12.6 Å². The molecule has 2 rings (SSSR count). The third kappa shape index (κ3) is 3.81. The minimum Gasteiger partial charge on any atom is -0.338 e. The van der Waals surface area contributed by atoms with Crippen LogP contribution in [0.3, 0.4) is 0 Å². The molecule has 5 nitrogen and oxygen atoms in total. The summed E-state index contributed by atoms with van der Waals surface area (Å²) in [6.07, 6.45) is 2.13. The first-order valence-corrected chi connectivity index (χ1v) is 7.07. The van der Waals surface area contributed by atoms with E-state index in [1.54, 1.807) is 0 Å². The molecule has 1 fully saturated rings. The lowest BCUT2D eigenvalue weighted by Gasteiger charge is -2.24. The number of urea groups is 1. The van der Waals surface area contributed by atoms with Crippen LogP contribution in [0.1, 0.15) is 31.4 Å². The van der Waals surface area contributed by atoms with Gasteiger partial charge in [-0.2, -0.15) is 0 Å². The van der Waals surface area contributed by atoms with E-state index in [2.05, 4.69) is 27.7 Å². The second kappa shape index (κ2) is 7.05. The lowest BCUT2D eigenvalue weighted by molar-refractivity contribution is -0.121. The number of imide groups is 1. The zero-order valence-corrected chi connectivity index (χ0v) is 11.8. The summed E-state index contributed by atoms with van der Waals surface area (Å²) in [5.74, 6) is -0.251. The van der Waals surface area contributed by atoms with Crippen molar-refractivity contribution in [3.8, 4) is 0 Å². The zero-order valence-electron chi connectivity index (χ0n) is 11.8. The van der Waals surface area contributed by atoms with Crippen LogP contribution in [-0.4, -0.2) is 36.5 Å². The van der Waals surface area contributed by atoms with Gasteiger partial charge in [-0.05, 0) is 31.9 Å². The average Bonchev–Trinajstić information content (AvgIpc) is 2.87. The van der Waals surface area contributed by atoms with Crippen molar-refractivity contribution >= 4 is 11.9 Å². The number of hydrogen-bond donors (Lipinski definition) is 2. The van der Waals surface area contributed by atoms with Crippen molar-refractivity contribution < 1.29 is 9.59 Å². The molecule has 0 saturated carbocycles. The van der Waals surface area contributed by atoms with E-state index in [1.807, 2.05) is 25.1 Å². The van der Waals surface area contributed by atoms with E-state index in [-0.39, 0.29) is 18.5 Å². The summed E-state index contributed by atoms with van der Waals surface area (Å²) in [7, 11) is 0. The van der Waals surface area contributed by atoms with Gasteiger partial charge in [0.25, 0.3) is 0 Å². The topological polar surface area (TPSA) is 61.4 Å². The Labute approximate surface area is 119 Å². The highest BCUT2D eigenvalue weighted by atomic mass is 16.2. The molecule has 1 aliphatic rings. The van der Waals surface area contributed by atoms with E-state index < -0.39 is 6.03 Å². The summed E-state index contributed by atoms with van der Waals surface area (Å²) in [4.78, 5) is 25.3. The first-order valence-electron chi connectivity index (χ1n) is 7.07. The Bertz CT molecular complexity index is 461. The maximum absolute atomic E-state index is 11.8. The number of rotatable bonds is 4. The van der Waals surface area contributed by atoms with Crippen molar-refractivity contribution in [2.45, 2.75) is 25.8 Å². The highest BCUT2D eigenvalue weighted by molar-refractivity contribution is 5.95. The Morgan fingerprint density at radius 3 is 2.75 bits per heavy atom. The van der Waals surface area contributed by atoms with Gasteiger partial charge >= 0.3 is 6.03 Å². The summed E-state index contributed by atoms with van der Waals surface area (Å²) in [5.41, 5.74) is 1.23. The highest BCUT2D eigenvalue weighted by Gasteiger charge is 2.27. The molecule has 108 valence electrons. The Hall–Kier alpha value is -1.88. The quantitative estimate of drug-likeness (QED) is 0.878. The number of hydrogen-bond acceptors (Lipinski definition) is 3. The van der Waals surface area contributed by atoms with Crippen LogP contribution in [-0.2, 0) is 4.79 Å². The van der Waals surface area contributed by atoms with Crippen LogP contribution >= 0.6 is 0 Å². The summed E-state index contributed by atoms with van der Waals surface area (Å²) in [5, 5.41) is 4.90. The van der Waals surface area contributed by atoms with Crippen molar-refractivity contribution in [2.24, 2.45) is 0 Å². The van der Waals surface area contributed by atoms with E-state index in [0.717, 1.165) is 19.4 Å². The Balaban J connectivity index is 1.91. The first kappa shape index (κ1) is 14.5. The van der Waals surface area contributed by atoms with Crippen molar-refractivity contribution in [3.05, 3.63) is 35.9 Å². The minimum absolute atomic E-state index is 0.251. The number of nitrogens with zero attached hydrogens (tertiary/aromatic N) is 1. The average molecular weight is 275 g/mol. The molecule has 1 atom stereocenters. The number of amides is 3. The molecule has 1 heterocycles. The van der Waals surface area contributed by atoms with Crippen LogP contribution in [0, 0.1) is 0 Å². The normalized spacial score (nSPS) is 18.8. The number of carbonyl (C=O) groups excluding carboxylic acids is 2.